The van der Waals surface area contributed by atoms with Crippen molar-refractivity contribution in [2.45, 2.75) is 5.38 Å². The predicted octanol–water partition coefficient (Wildman–Crippen LogP) is 2.21. The lowest BCUT2D eigenvalue weighted by atomic mass is 10.3. The molecule has 0 radical (unpaired) electrons. The molecule has 3 amide bonds. The van der Waals surface area contributed by atoms with Crippen LogP contribution in [0.4, 0.5) is 25.0 Å². The van der Waals surface area contributed by atoms with Gasteiger partial charge in [0.2, 0.25) is 0 Å². The fourth-order valence-electron chi connectivity index (χ4n) is 1.03. The number of amides is 3. The van der Waals surface area contributed by atoms with Crippen LogP contribution in [0.25, 0.3) is 0 Å². The number of benzene rings is 1. The van der Waals surface area contributed by atoms with Crippen LogP contribution in [0.1, 0.15) is 0 Å². The van der Waals surface area contributed by atoms with Crippen molar-refractivity contribution in [3.05, 3.63) is 24.3 Å². The largest absolute Gasteiger partial charge is 0.400 e. The lowest BCUT2D eigenvalue weighted by molar-refractivity contribution is -0.130. The average Bonchev–Trinajstić information content (AvgIpc) is 2.30. The zero-order valence-corrected chi connectivity index (χ0v) is 10.0. The smallest absolute Gasteiger partial charge is 0.341 e. The summed E-state index contributed by atoms with van der Waals surface area (Å²) in [6, 6.07) is 5.17. The first kappa shape index (κ1) is 14.2. The quantitative estimate of drug-likeness (QED) is 0.741. The van der Waals surface area contributed by atoms with E-state index in [-0.39, 0.29) is 5.69 Å². The summed E-state index contributed by atoms with van der Waals surface area (Å²) in [5.41, 5.74) is 0.591. The maximum absolute atomic E-state index is 12.4. The van der Waals surface area contributed by atoms with Crippen LogP contribution in [-0.4, -0.2) is 24.4 Å². The van der Waals surface area contributed by atoms with Crippen LogP contribution in [0.3, 0.4) is 0 Å². The fourth-order valence-corrected chi connectivity index (χ4v) is 1.08. The Morgan fingerprint density at radius 1 is 1.11 bits per heavy atom. The molecule has 3 N–H and O–H groups in total. The third-order valence-electron chi connectivity index (χ3n) is 1.89. The molecule has 0 fully saturated rings. The molecule has 1 aromatic carbocycles. The molecule has 0 aromatic heterocycles. The summed E-state index contributed by atoms with van der Waals surface area (Å²) < 4.78 is 24.8. The first-order chi connectivity index (χ1) is 8.32. The Labute approximate surface area is 106 Å². The van der Waals surface area contributed by atoms with E-state index in [1.807, 2.05) is 5.32 Å². The van der Waals surface area contributed by atoms with Crippen LogP contribution >= 0.6 is 11.6 Å². The third kappa shape index (κ3) is 4.17. The van der Waals surface area contributed by atoms with Crippen molar-refractivity contribution >= 4 is 34.9 Å². The summed E-state index contributed by atoms with van der Waals surface area (Å²) in [7, 11) is 1.45. The molecular weight excluding hydrogens is 268 g/mol. The highest BCUT2D eigenvalue weighted by Gasteiger charge is 2.35. The molecule has 98 valence electrons. The Morgan fingerprint density at radius 2 is 1.56 bits per heavy atom. The van der Waals surface area contributed by atoms with E-state index in [1.54, 1.807) is 0 Å². The van der Waals surface area contributed by atoms with Gasteiger partial charge in [0.25, 0.3) is 0 Å². The Balaban J connectivity index is 2.66. The molecule has 8 heteroatoms. The number of urea groups is 1. The van der Waals surface area contributed by atoms with Gasteiger partial charge in [-0.05, 0) is 35.9 Å². The number of rotatable bonds is 3. The van der Waals surface area contributed by atoms with Gasteiger partial charge in [-0.15, -0.1) is 0 Å². The Kier molecular flexibility index (Phi) is 4.43. The van der Waals surface area contributed by atoms with Crippen molar-refractivity contribution in [1.82, 2.24) is 5.32 Å². The lowest BCUT2D eigenvalue weighted by Gasteiger charge is -2.10. The molecule has 0 aliphatic carbocycles. The monoisotopic (exact) mass is 277 g/mol. The third-order valence-corrected chi connectivity index (χ3v) is 2.06. The predicted molar refractivity (Wildman–Crippen MR) is 64.0 cm³/mol. The zero-order chi connectivity index (χ0) is 13.8. The number of hydrogen-bond acceptors (Lipinski definition) is 2. The van der Waals surface area contributed by atoms with E-state index in [0.29, 0.717) is 5.69 Å². The lowest BCUT2D eigenvalue weighted by Crippen LogP contribution is -2.28. The van der Waals surface area contributed by atoms with Crippen molar-refractivity contribution < 1.29 is 18.4 Å². The van der Waals surface area contributed by atoms with Crippen LogP contribution in [0, 0.1) is 0 Å². The number of anilines is 2. The number of hydrogen-bond donors (Lipinski definition) is 3. The van der Waals surface area contributed by atoms with Crippen LogP contribution < -0.4 is 16.0 Å². The molecule has 0 aliphatic heterocycles. The molecule has 0 bridgehead atoms. The topological polar surface area (TPSA) is 70.2 Å². The molecule has 1 rings (SSSR count). The molecule has 0 atom stereocenters. The minimum Gasteiger partial charge on any atom is -0.341 e. The molecule has 0 saturated carbocycles. The second-order valence-corrected chi connectivity index (χ2v) is 3.71. The normalized spacial score (nSPS) is 10.7. The van der Waals surface area contributed by atoms with Gasteiger partial charge < -0.3 is 16.0 Å². The Morgan fingerprint density at radius 3 is 1.94 bits per heavy atom. The minimum atomic E-state index is -3.96. The molecule has 1 aromatic rings. The minimum absolute atomic E-state index is 0.141. The van der Waals surface area contributed by atoms with Gasteiger partial charge in [-0.3, -0.25) is 4.79 Å². The molecule has 18 heavy (non-hydrogen) atoms. The number of alkyl halides is 3. The Bertz CT molecular complexity index is 445. The van der Waals surface area contributed by atoms with Crippen molar-refractivity contribution in [3.8, 4) is 0 Å². The highest BCUT2D eigenvalue weighted by atomic mass is 35.5. The van der Waals surface area contributed by atoms with Gasteiger partial charge >= 0.3 is 17.3 Å². The van der Waals surface area contributed by atoms with Crippen molar-refractivity contribution in [2.24, 2.45) is 0 Å². The first-order valence-electron chi connectivity index (χ1n) is 4.80. The highest BCUT2D eigenvalue weighted by Crippen LogP contribution is 2.22. The molecule has 0 spiro atoms. The summed E-state index contributed by atoms with van der Waals surface area (Å²) >= 11 is 4.54. The van der Waals surface area contributed by atoms with Gasteiger partial charge in [-0.2, -0.15) is 8.78 Å². The summed E-state index contributed by atoms with van der Waals surface area (Å²) in [6.07, 6.45) is 0. The van der Waals surface area contributed by atoms with Crippen molar-refractivity contribution in [3.63, 3.8) is 0 Å². The molecule has 0 aliphatic rings. The highest BCUT2D eigenvalue weighted by molar-refractivity contribution is 6.33. The van der Waals surface area contributed by atoms with Gasteiger partial charge in [0.15, 0.2) is 0 Å². The van der Waals surface area contributed by atoms with Gasteiger partial charge in [-0.25, -0.2) is 4.79 Å². The van der Waals surface area contributed by atoms with E-state index in [1.165, 1.54) is 31.3 Å². The first-order valence-corrected chi connectivity index (χ1v) is 5.17. The van der Waals surface area contributed by atoms with E-state index in [9.17, 15) is 18.4 Å². The summed E-state index contributed by atoms with van der Waals surface area (Å²) in [4.78, 5) is 21.8. The Hall–Kier alpha value is -1.89. The van der Waals surface area contributed by atoms with E-state index < -0.39 is 17.3 Å². The number of halogens is 3. The maximum atomic E-state index is 12.4. The van der Waals surface area contributed by atoms with Crippen molar-refractivity contribution in [2.75, 3.05) is 17.7 Å². The van der Waals surface area contributed by atoms with Gasteiger partial charge in [0.1, 0.15) is 0 Å². The maximum Gasteiger partial charge on any atom is 0.400 e. The van der Waals surface area contributed by atoms with Crippen molar-refractivity contribution in [1.29, 1.82) is 0 Å². The van der Waals surface area contributed by atoms with E-state index in [2.05, 4.69) is 22.2 Å². The molecule has 5 nitrogen and oxygen atoms in total. The SMILES string of the molecule is CNC(=O)Nc1ccc(NC(=O)C(F)(F)Cl)cc1. The number of carbonyl (C=O) groups is 2. The van der Waals surface area contributed by atoms with Crippen LogP contribution in [-0.2, 0) is 4.79 Å². The van der Waals surface area contributed by atoms with E-state index in [0.717, 1.165) is 0 Å². The summed E-state index contributed by atoms with van der Waals surface area (Å²) in [5, 5.41) is 2.78. The van der Waals surface area contributed by atoms with Crippen LogP contribution in [0.5, 0.6) is 0 Å². The fraction of sp³-hybridized carbons (Fsp3) is 0.200. The van der Waals surface area contributed by atoms with Gasteiger partial charge in [-0.1, -0.05) is 0 Å². The van der Waals surface area contributed by atoms with E-state index in [4.69, 9.17) is 0 Å². The summed E-state index contributed by atoms with van der Waals surface area (Å²) in [5.74, 6) is -1.61. The molecule has 0 saturated heterocycles. The van der Waals surface area contributed by atoms with E-state index >= 15 is 0 Å². The second kappa shape index (κ2) is 5.63. The van der Waals surface area contributed by atoms with Gasteiger partial charge in [0.05, 0.1) is 0 Å². The second-order valence-electron chi connectivity index (χ2n) is 3.23. The number of nitrogens with one attached hydrogen (secondary N) is 3. The standard InChI is InChI=1S/C10H10ClF2N3O2/c1-14-9(18)16-7-4-2-6(3-5-7)15-8(17)10(11,12)13/h2-5H,1H3,(H,15,17)(H2,14,16,18). The summed E-state index contributed by atoms with van der Waals surface area (Å²) in [6.45, 7) is 0. The van der Waals surface area contributed by atoms with Crippen LogP contribution in [0.2, 0.25) is 0 Å². The van der Waals surface area contributed by atoms with Crippen LogP contribution in [0.15, 0.2) is 24.3 Å². The van der Waals surface area contributed by atoms with Gasteiger partial charge in [0, 0.05) is 18.4 Å². The average molecular weight is 278 g/mol. The molecule has 0 heterocycles. The zero-order valence-electron chi connectivity index (χ0n) is 9.26. The molecule has 0 unspecified atom stereocenters. The number of carbonyl (C=O) groups excluding carboxylic acids is 2. The molecular formula is C10H10ClF2N3O2.